The number of carboxylic acid groups (broad SMARTS) is 1. The summed E-state index contributed by atoms with van der Waals surface area (Å²) >= 11 is 0. The Labute approximate surface area is 137 Å². The van der Waals surface area contributed by atoms with Gasteiger partial charge in [0.1, 0.15) is 11.6 Å². The second-order valence-electron chi connectivity index (χ2n) is 5.92. The Morgan fingerprint density at radius 3 is 2.71 bits per heavy atom. The molecule has 4 rings (SSSR count). The SMILES string of the molecule is Cn1cc(-c2cc(N3CC(C(=O)O)C3)c3c(C#N)cnn3c2)cn1. The number of anilines is 1. The van der Waals surface area contributed by atoms with Crippen LogP contribution in [0, 0.1) is 17.2 Å². The summed E-state index contributed by atoms with van der Waals surface area (Å²) in [6.07, 6.45) is 7.04. The second-order valence-corrected chi connectivity index (χ2v) is 5.92. The lowest BCUT2D eigenvalue weighted by Gasteiger charge is -2.39. The first-order valence-electron chi connectivity index (χ1n) is 7.45. The van der Waals surface area contributed by atoms with E-state index in [1.54, 1.807) is 15.4 Å². The predicted octanol–water partition coefficient (Wildman–Crippen LogP) is 1.13. The molecule has 0 unspecified atom stereocenters. The second kappa shape index (κ2) is 5.09. The molecule has 0 aromatic carbocycles. The zero-order valence-corrected chi connectivity index (χ0v) is 12.9. The molecule has 0 radical (unpaired) electrons. The first kappa shape index (κ1) is 14.3. The van der Waals surface area contributed by atoms with E-state index >= 15 is 0 Å². The average molecular weight is 322 g/mol. The Morgan fingerprint density at radius 1 is 1.29 bits per heavy atom. The number of carbonyl (C=O) groups is 1. The standard InChI is InChI=1S/C16H14N6O2/c1-20-6-12(5-18-20)10-2-14(21-7-13(8-21)16(23)24)15-11(3-17)4-19-22(15)9-10/h2,4-6,9,13H,7-8H2,1H3,(H,23,24). The van der Waals surface area contributed by atoms with Crippen LogP contribution in [-0.2, 0) is 11.8 Å². The lowest BCUT2D eigenvalue weighted by molar-refractivity contribution is -0.142. The first-order chi connectivity index (χ1) is 11.6. The molecular formula is C16H14N6O2. The molecule has 120 valence electrons. The number of rotatable bonds is 3. The maximum Gasteiger partial charge on any atom is 0.310 e. The summed E-state index contributed by atoms with van der Waals surface area (Å²) in [4.78, 5) is 13.0. The van der Waals surface area contributed by atoms with Crippen LogP contribution in [0.15, 0.2) is 30.9 Å². The molecule has 1 saturated heterocycles. The van der Waals surface area contributed by atoms with Crippen LogP contribution >= 0.6 is 0 Å². The Kier molecular flexibility index (Phi) is 3.03. The molecule has 0 saturated carbocycles. The van der Waals surface area contributed by atoms with Crippen LogP contribution in [0.1, 0.15) is 5.56 Å². The molecule has 3 aromatic heterocycles. The number of nitriles is 1. The van der Waals surface area contributed by atoms with Gasteiger partial charge in [-0.25, -0.2) is 4.52 Å². The van der Waals surface area contributed by atoms with E-state index in [4.69, 9.17) is 5.11 Å². The van der Waals surface area contributed by atoms with E-state index in [2.05, 4.69) is 16.3 Å². The van der Waals surface area contributed by atoms with Gasteiger partial charge in [0, 0.05) is 43.7 Å². The average Bonchev–Trinajstić information content (AvgIpc) is 3.10. The van der Waals surface area contributed by atoms with E-state index in [1.165, 1.54) is 6.20 Å². The van der Waals surface area contributed by atoms with E-state index in [1.807, 2.05) is 30.4 Å². The lowest BCUT2D eigenvalue weighted by Crippen LogP contribution is -2.50. The molecule has 1 aliphatic heterocycles. The fraction of sp³-hybridized carbons (Fsp3) is 0.250. The Bertz CT molecular complexity index is 990. The zero-order chi connectivity index (χ0) is 16.8. The third kappa shape index (κ3) is 2.10. The van der Waals surface area contributed by atoms with Crippen LogP contribution in [0.25, 0.3) is 16.6 Å². The van der Waals surface area contributed by atoms with Crippen molar-refractivity contribution in [1.29, 1.82) is 5.26 Å². The van der Waals surface area contributed by atoms with Gasteiger partial charge in [-0.1, -0.05) is 0 Å². The first-order valence-corrected chi connectivity index (χ1v) is 7.45. The van der Waals surface area contributed by atoms with Gasteiger partial charge < -0.3 is 10.0 Å². The van der Waals surface area contributed by atoms with Crippen molar-refractivity contribution >= 4 is 17.2 Å². The van der Waals surface area contributed by atoms with E-state index < -0.39 is 5.97 Å². The zero-order valence-electron chi connectivity index (χ0n) is 12.9. The van der Waals surface area contributed by atoms with Gasteiger partial charge in [0.05, 0.1) is 29.6 Å². The maximum atomic E-state index is 11.1. The van der Waals surface area contributed by atoms with Gasteiger partial charge in [-0.3, -0.25) is 9.48 Å². The van der Waals surface area contributed by atoms with Gasteiger partial charge >= 0.3 is 5.97 Å². The molecule has 1 N–H and O–H groups in total. The number of aromatic nitrogens is 4. The van der Waals surface area contributed by atoms with Crippen LogP contribution in [-0.4, -0.2) is 43.6 Å². The Hall–Kier alpha value is -3.34. The minimum absolute atomic E-state index is 0.374. The fourth-order valence-corrected chi connectivity index (χ4v) is 2.98. The number of pyridine rings is 1. The molecule has 0 spiro atoms. The van der Waals surface area contributed by atoms with Gasteiger partial charge in [0.25, 0.3) is 0 Å². The highest BCUT2D eigenvalue weighted by Crippen LogP contribution is 2.34. The van der Waals surface area contributed by atoms with Crippen molar-refractivity contribution in [3.8, 4) is 17.2 Å². The quantitative estimate of drug-likeness (QED) is 0.776. The van der Waals surface area contributed by atoms with Crippen molar-refractivity contribution < 1.29 is 9.90 Å². The molecular weight excluding hydrogens is 308 g/mol. The van der Waals surface area contributed by atoms with Gasteiger partial charge in [0.15, 0.2) is 0 Å². The molecule has 0 aliphatic carbocycles. The van der Waals surface area contributed by atoms with Gasteiger partial charge in [-0.2, -0.15) is 15.5 Å². The number of hydrogen-bond donors (Lipinski definition) is 1. The number of carboxylic acids is 1. The van der Waals surface area contributed by atoms with Crippen molar-refractivity contribution in [2.24, 2.45) is 13.0 Å². The smallest absolute Gasteiger partial charge is 0.310 e. The summed E-state index contributed by atoms with van der Waals surface area (Å²) in [7, 11) is 1.84. The Balaban J connectivity index is 1.84. The highest BCUT2D eigenvalue weighted by Gasteiger charge is 2.34. The van der Waals surface area contributed by atoms with E-state index in [9.17, 15) is 10.1 Å². The summed E-state index contributed by atoms with van der Waals surface area (Å²) in [5.41, 5.74) is 3.85. The number of fused-ring (bicyclic) bond motifs is 1. The minimum Gasteiger partial charge on any atom is -0.481 e. The number of hydrogen-bond acceptors (Lipinski definition) is 5. The summed E-state index contributed by atoms with van der Waals surface area (Å²) in [5.74, 6) is -1.17. The molecule has 3 aromatic rings. The van der Waals surface area contributed by atoms with Gasteiger partial charge in [-0.15, -0.1) is 0 Å². The topological polar surface area (TPSA) is 99.4 Å². The highest BCUT2D eigenvalue weighted by atomic mass is 16.4. The number of aryl methyl sites for hydroxylation is 1. The molecule has 4 heterocycles. The Morgan fingerprint density at radius 2 is 2.08 bits per heavy atom. The van der Waals surface area contributed by atoms with Crippen LogP contribution in [0.2, 0.25) is 0 Å². The molecule has 1 fully saturated rings. The van der Waals surface area contributed by atoms with Crippen molar-refractivity contribution in [2.75, 3.05) is 18.0 Å². The van der Waals surface area contributed by atoms with Gasteiger partial charge in [0.2, 0.25) is 0 Å². The predicted molar refractivity (Wildman–Crippen MR) is 85.4 cm³/mol. The molecule has 1 aliphatic rings. The van der Waals surface area contributed by atoms with E-state index in [0.717, 1.165) is 16.8 Å². The van der Waals surface area contributed by atoms with Crippen LogP contribution in [0.5, 0.6) is 0 Å². The van der Waals surface area contributed by atoms with E-state index in [-0.39, 0.29) is 5.92 Å². The summed E-state index contributed by atoms with van der Waals surface area (Å²) in [5, 5.41) is 26.9. The minimum atomic E-state index is -0.792. The third-order valence-electron chi connectivity index (χ3n) is 4.32. The highest BCUT2D eigenvalue weighted by molar-refractivity contribution is 5.85. The van der Waals surface area contributed by atoms with Crippen molar-refractivity contribution in [3.63, 3.8) is 0 Å². The number of nitrogens with zero attached hydrogens (tertiary/aromatic N) is 6. The molecule has 0 amide bonds. The van der Waals surface area contributed by atoms with Crippen LogP contribution in [0.4, 0.5) is 5.69 Å². The molecule has 0 bridgehead atoms. The molecule has 0 atom stereocenters. The summed E-state index contributed by atoms with van der Waals surface area (Å²) < 4.78 is 3.39. The molecule has 24 heavy (non-hydrogen) atoms. The van der Waals surface area contributed by atoms with Crippen LogP contribution < -0.4 is 4.90 Å². The van der Waals surface area contributed by atoms with E-state index in [0.29, 0.717) is 24.2 Å². The van der Waals surface area contributed by atoms with Crippen molar-refractivity contribution in [3.05, 3.63) is 36.4 Å². The summed E-state index contributed by atoms with van der Waals surface area (Å²) in [6, 6.07) is 4.11. The summed E-state index contributed by atoms with van der Waals surface area (Å²) in [6.45, 7) is 0.856. The largest absolute Gasteiger partial charge is 0.481 e. The van der Waals surface area contributed by atoms with Gasteiger partial charge in [-0.05, 0) is 6.07 Å². The normalized spacial score (nSPS) is 14.6. The molecule has 8 heteroatoms. The fourth-order valence-electron chi connectivity index (χ4n) is 2.98. The number of aliphatic carboxylic acids is 1. The monoisotopic (exact) mass is 322 g/mol. The van der Waals surface area contributed by atoms with Crippen molar-refractivity contribution in [1.82, 2.24) is 19.4 Å². The maximum absolute atomic E-state index is 11.1. The third-order valence-corrected chi connectivity index (χ3v) is 4.32. The lowest BCUT2D eigenvalue weighted by atomic mass is 9.98. The van der Waals surface area contributed by atoms with Crippen molar-refractivity contribution in [2.45, 2.75) is 0 Å². The molecule has 8 nitrogen and oxygen atoms in total. The van der Waals surface area contributed by atoms with Crippen LogP contribution in [0.3, 0.4) is 0 Å².